The number of hydrogen-bond acceptors (Lipinski definition) is 5. The molecule has 1 unspecified atom stereocenters. The first-order valence-electron chi connectivity index (χ1n) is 15.7. The van der Waals surface area contributed by atoms with Crippen LogP contribution in [0.1, 0.15) is 35.3 Å². The Morgan fingerprint density at radius 1 is 0.625 bits per heavy atom. The van der Waals surface area contributed by atoms with Crippen molar-refractivity contribution >= 4 is 68.8 Å². The van der Waals surface area contributed by atoms with Gasteiger partial charge in [-0.25, -0.2) is 0 Å². The molecule has 0 fully saturated rings. The van der Waals surface area contributed by atoms with Crippen LogP contribution in [-0.2, 0) is 9.59 Å². The van der Waals surface area contributed by atoms with Crippen LogP contribution in [0.3, 0.4) is 0 Å². The van der Waals surface area contributed by atoms with Gasteiger partial charge < -0.3 is 0 Å². The standard InChI is InChI=1S/C21H18N4O2.C19H11NO/c1-14-18(20(26)24(22-14)16-9-5-3-6-10-16)13-19-15(2)23-25(21(19)27)17-11-7-4-8-12-17;21-19-15-9-2-1-8-14(15)17-11-13-7-3-5-12-6-4-10-16(18(12)13)20(17)19/h3-13,18H,1-2H3;1-11H/b19-13+;. The first kappa shape index (κ1) is 29.0. The topological polar surface area (TPSA) is 85.6 Å². The zero-order valence-electron chi connectivity index (χ0n) is 26.2. The van der Waals surface area contributed by atoms with Gasteiger partial charge >= 0.3 is 0 Å². The van der Waals surface area contributed by atoms with Gasteiger partial charge in [0.2, 0.25) is 0 Å². The molecule has 4 heterocycles. The molecule has 4 aliphatic heterocycles. The molecule has 0 radical (unpaired) electrons. The SMILES string of the molecule is CC1=NN(c2ccccc2)C(=O)/C1=C/C1C(=O)N(c2ccccc2)N=C1C.O=C1c2ccccc2C2=Cc3cccc4cccc(c34)N12. The highest BCUT2D eigenvalue weighted by Crippen LogP contribution is 2.45. The molecule has 5 aromatic carbocycles. The number of carbonyl (C=O) groups excluding carboxylic acids is 3. The van der Waals surface area contributed by atoms with Crippen LogP contribution in [0, 0.1) is 5.92 Å². The third-order valence-electron chi connectivity index (χ3n) is 8.91. The van der Waals surface area contributed by atoms with Crippen LogP contribution in [0.2, 0.25) is 0 Å². The first-order chi connectivity index (χ1) is 23.4. The third kappa shape index (κ3) is 4.65. The quantitative estimate of drug-likeness (QED) is 0.192. The van der Waals surface area contributed by atoms with Gasteiger partial charge in [0, 0.05) is 16.5 Å². The largest absolute Gasteiger partial charge is 0.280 e. The number of carbonyl (C=O) groups is 3. The lowest BCUT2D eigenvalue weighted by atomic mass is 9.97. The van der Waals surface area contributed by atoms with Crippen molar-refractivity contribution in [2.45, 2.75) is 13.8 Å². The highest BCUT2D eigenvalue weighted by atomic mass is 16.2. The van der Waals surface area contributed by atoms with Gasteiger partial charge in [-0.15, -0.1) is 0 Å². The van der Waals surface area contributed by atoms with Crippen LogP contribution in [0.25, 0.3) is 22.5 Å². The van der Waals surface area contributed by atoms with E-state index >= 15 is 0 Å². The average molecular weight is 628 g/mol. The number of para-hydroxylation sites is 2. The summed E-state index contributed by atoms with van der Waals surface area (Å²) < 4.78 is 0. The lowest BCUT2D eigenvalue weighted by molar-refractivity contribution is -0.118. The predicted octanol–water partition coefficient (Wildman–Crippen LogP) is 7.69. The number of amides is 3. The van der Waals surface area contributed by atoms with E-state index in [1.54, 1.807) is 19.9 Å². The molecule has 8 nitrogen and oxygen atoms in total. The van der Waals surface area contributed by atoms with E-state index in [0.29, 0.717) is 28.4 Å². The summed E-state index contributed by atoms with van der Waals surface area (Å²) in [5, 5.41) is 13.8. The maximum absolute atomic E-state index is 12.9. The minimum atomic E-state index is -0.579. The molecule has 0 aliphatic carbocycles. The predicted molar refractivity (Wildman–Crippen MR) is 191 cm³/mol. The Balaban J connectivity index is 0.000000144. The van der Waals surface area contributed by atoms with Crippen LogP contribution >= 0.6 is 0 Å². The van der Waals surface area contributed by atoms with Crippen molar-refractivity contribution < 1.29 is 14.4 Å². The van der Waals surface area contributed by atoms with Crippen molar-refractivity contribution in [3.05, 3.63) is 150 Å². The van der Waals surface area contributed by atoms with Crippen molar-refractivity contribution in [1.82, 2.24) is 0 Å². The van der Waals surface area contributed by atoms with Crippen molar-refractivity contribution in [2.75, 3.05) is 14.9 Å². The molecular weight excluding hydrogens is 598 g/mol. The second kappa shape index (κ2) is 11.4. The third-order valence-corrected chi connectivity index (χ3v) is 8.91. The summed E-state index contributed by atoms with van der Waals surface area (Å²) in [6, 6.07) is 38.7. The van der Waals surface area contributed by atoms with Crippen LogP contribution in [0.4, 0.5) is 17.1 Å². The summed E-state index contributed by atoms with van der Waals surface area (Å²) in [4.78, 5) is 40.3. The summed E-state index contributed by atoms with van der Waals surface area (Å²) >= 11 is 0. The van der Waals surface area contributed by atoms with Crippen LogP contribution in [0.5, 0.6) is 0 Å². The normalized spacial score (nSPS) is 18.4. The van der Waals surface area contributed by atoms with E-state index in [1.165, 1.54) is 21.0 Å². The molecule has 1 atom stereocenters. The Bertz CT molecular complexity index is 2280. The Morgan fingerprint density at radius 3 is 1.96 bits per heavy atom. The van der Waals surface area contributed by atoms with Gasteiger partial charge in [0.15, 0.2) is 0 Å². The Kier molecular flexibility index (Phi) is 6.91. The second-order valence-electron chi connectivity index (χ2n) is 11.9. The van der Waals surface area contributed by atoms with Gasteiger partial charge in [0.25, 0.3) is 17.7 Å². The van der Waals surface area contributed by atoms with Crippen molar-refractivity contribution in [3.63, 3.8) is 0 Å². The molecule has 9 rings (SSSR count). The van der Waals surface area contributed by atoms with Crippen LogP contribution in [-0.4, -0.2) is 29.1 Å². The Morgan fingerprint density at radius 2 is 1.25 bits per heavy atom. The number of anilines is 3. The fraction of sp³-hybridized carbons (Fsp3) is 0.0750. The van der Waals surface area contributed by atoms with Crippen LogP contribution in [0.15, 0.2) is 143 Å². The number of fused-ring (bicyclic) bond motifs is 4. The van der Waals surface area contributed by atoms with Crippen molar-refractivity contribution in [3.8, 4) is 0 Å². The molecule has 8 heteroatoms. The van der Waals surface area contributed by atoms with Gasteiger partial charge in [-0.05, 0) is 67.3 Å². The molecule has 0 N–H and O–H groups in total. The van der Waals surface area contributed by atoms with E-state index < -0.39 is 5.92 Å². The first-order valence-corrected chi connectivity index (χ1v) is 15.7. The van der Waals surface area contributed by atoms with Gasteiger partial charge in [-0.1, -0.05) is 91.0 Å². The van der Waals surface area contributed by atoms with Gasteiger partial charge in [0.05, 0.1) is 45.7 Å². The number of rotatable bonds is 3. The number of hydrazone groups is 2. The van der Waals surface area contributed by atoms with E-state index in [-0.39, 0.29) is 17.7 Å². The zero-order chi connectivity index (χ0) is 32.9. The van der Waals surface area contributed by atoms with E-state index in [1.807, 2.05) is 102 Å². The Hall–Kier alpha value is -6.41. The minimum absolute atomic E-state index is 0.0684. The fourth-order valence-electron chi connectivity index (χ4n) is 6.57. The van der Waals surface area contributed by atoms with E-state index in [0.717, 1.165) is 27.9 Å². The number of hydrogen-bond donors (Lipinski definition) is 0. The molecule has 232 valence electrons. The van der Waals surface area contributed by atoms with Crippen molar-refractivity contribution in [1.29, 1.82) is 0 Å². The molecule has 3 amide bonds. The summed E-state index contributed by atoms with van der Waals surface area (Å²) in [6.07, 6.45) is 3.80. The monoisotopic (exact) mass is 627 g/mol. The smallest absolute Gasteiger partial charge is 0.276 e. The number of benzene rings is 5. The lowest BCUT2D eigenvalue weighted by Crippen LogP contribution is -2.27. The minimum Gasteiger partial charge on any atom is -0.276 e. The molecule has 0 bridgehead atoms. The summed E-state index contributed by atoms with van der Waals surface area (Å²) in [7, 11) is 0. The molecule has 0 aromatic heterocycles. The molecule has 0 spiro atoms. The molecule has 0 saturated carbocycles. The molecular formula is C40H29N5O3. The molecule has 5 aromatic rings. The van der Waals surface area contributed by atoms with Crippen molar-refractivity contribution in [2.24, 2.45) is 16.1 Å². The van der Waals surface area contributed by atoms with E-state index in [9.17, 15) is 14.4 Å². The van der Waals surface area contributed by atoms with Gasteiger partial charge in [-0.2, -0.15) is 20.2 Å². The maximum atomic E-state index is 12.9. The summed E-state index contributed by atoms with van der Waals surface area (Å²) in [5.41, 5.74) is 8.03. The van der Waals surface area contributed by atoms with Crippen LogP contribution < -0.4 is 14.9 Å². The highest BCUT2D eigenvalue weighted by Gasteiger charge is 2.38. The fourth-order valence-corrected chi connectivity index (χ4v) is 6.57. The summed E-state index contributed by atoms with van der Waals surface area (Å²) in [5.74, 6) is -0.925. The van der Waals surface area contributed by atoms with Gasteiger partial charge in [0.1, 0.15) is 0 Å². The van der Waals surface area contributed by atoms with E-state index in [4.69, 9.17) is 0 Å². The molecule has 0 saturated heterocycles. The summed E-state index contributed by atoms with van der Waals surface area (Å²) in [6.45, 7) is 3.57. The zero-order valence-corrected chi connectivity index (χ0v) is 26.2. The van der Waals surface area contributed by atoms with Gasteiger partial charge in [-0.3, -0.25) is 19.3 Å². The highest BCUT2D eigenvalue weighted by molar-refractivity contribution is 6.31. The second-order valence-corrected chi connectivity index (χ2v) is 11.9. The molecule has 48 heavy (non-hydrogen) atoms. The molecule has 4 aliphatic rings. The lowest BCUT2D eigenvalue weighted by Gasteiger charge is -2.25. The maximum Gasteiger partial charge on any atom is 0.280 e. The Labute approximate surface area is 277 Å². The number of nitrogens with zero attached hydrogens (tertiary/aromatic N) is 5. The van der Waals surface area contributed by atoms with E-state index in [2.05, 4.69) is 40.5 Å². The average Bonchev–Trinajstić information content (AvgIpc) is 3.69.